The maximum atomic E-state index is 13.3. The van der Waals surface area contributed by atoms with E-state index in [0.29, 0.717) is 43.2 Å². The van der Waals surface area contributed by atoms with Gasteiger partial charge < -0.3 is 23.8 Å². The van der Waals surface area contributed by atoms with Gasteiger partial charge in [-0.05, 0) is 42.3 Å². The largest absolute Gasteiger partial charge is 0.496 e. The van der Waals surface area contributed by atoms with Crippen molar-refractivity contribution in [2.75, 3.05) is 56.6 Å². The Labute approximate surface area is 195 Å². The number of amides is 1. The van der Waals surface area contributed by atoms with Gasteiger partial charge in [0.05, 0.1) is 37.8 Å². The minimum Gasteiger partial charge on any atom is -0.496 e. The van der Waals surface area contributed by atoms with Gasteiger partial charge in [-0.25, -0.2) is 8.42 Å². The molecule has 1 aliphatic rings. The van der Waals surface area contributed by atoms with E-state index < -0.39 is 10.0 Å². The molecule has 174 valence electrons. The number of benzene rings is 2. The summed E-state index contributed by atoms with van der Waals surface area (Å²) in [6, 6.07) is 8.53. The average molecular weight is 529 g/mol. The number of sulfonamides is 1. The number of rotatable bonds is 10. The molecule has 2 aromatic carbocycles. The molecular weight excluding hydrogens is 504 g/mol. The van der Waals surface area contributed by atoms with E-state index in [1.54, 1.807) is 36.3 Å². The number of halogens is 1. The molecule has 0 fully saturated rings. The van der Waals surface area contributed by atoms with Crippen LogP contribution in [-0.2, 0) is 25.9 Å². The van der Waals surface area contributed by atoms with Crippen LogP contribution in [0.2, 0.25) is 0 Å². The number of carbonyl (C=O) groups is 1. The summed E-state index contributed by atoms with van der Waals surface area (Å²) in [7, 11) is -0.505. The highest BCUT2D eigenvalue weighted by molar-refractivity contribution is 9.10. The molecule has 0 saturated heterocycles. The van der Waals surface area contributed by atoms with E-state index in [0.717, 1.165) is 16.3 Å². The summed E-state index contributed by atoms with van der Waals surface area (Å²) in [5.74, 6) is 0.534. The lowest BCUT2D eigenvalue weighted by atomic mass is 9.97. The van der Waals surface area contributed by atoms with Gasteiger partial charge in [0.15, 0.2) is 6.79 Å². The van der Waals surface area contributed by atoms with Gasteiger partial charge in [-0.15, -0.1) is 0 Å². The Kier molecular flexibility index (Phi) is 7.99. The van der Waals surface area contributed by atoms with Gasteiger partial charge in [-0.1, -0.05) is 15.9 Å². The number of hydrogen-bond donors (Lipinski definition) is 1. The summed E-state index contributed by atoms with van der Waals surface area (Å²) in [4.78, 5) is 14.9. The van der Waals surface area contributed by atoms with Gasteiger partial charge in [0, 0.05) is 23.8 Å². The lowest BCUT2D eigenvalue weighted by Crippen LogP contribution is -2.38. The normalized spacial score (nSPS) is 13.6. The second-order valence-electron chi connectivity index (χ2n) is 7.07. The number of hydrogen-bond acceptors (Lipinski definition) is 7. The van der Waals surface area contributed by atoms with Gasteiger partial charge in [-0.2, -0.15) is 0 Å². The summed E-state index contributed by atoms with van der Waals surface area (Å²) in [5.41, 5.74) is 2.12. The van der Waals surface area contributed by atoms with Crippen molar-refractivity contribution in [3.63, 3.8) is 0 Å². The molecule has 0 unspecified atom stereocenters. The summed E-state index contributed by atoms with van der Waals surface area (Å²) in [6.45, 7) is 1.10. The number of ether oxygens (including phenoxy) is 4. The monoisotopic (exact) mass is 528 g/mol. The molecule has 0 bridgehead atoms. The van der Waals surface area contributed by atoms with Gasteiger partial charge >= 0.3 is 0 Å². The highest BCUT2D eigenvalue weighted by Gasteiger charge is 2.30. The van der Waals surface area contributed by atoms with Crippen LogP contribution in [0.15, 0.2) is 34.8 Å². The fourth-order valence-corrected chi connectivity index (χ4v) is 4.39. The van der Waals surface area contributed by atoms with Gasteiger partial charge in [0.25, 0.3) is 5.91 Å². The van der Waals surface area contributed by atoms with Crippen molar-refractivity contribution in [3.8, 4) is 11.5 Å². The second kappa shape index (κ2) is 10.5. The van der Waals surface area contributed by atoms with Gasteiger partial charge in [-0.3, -0.25) is 9.52 Å². The van der Waals surface area contributed by atoms with E-state index in [9.17, 15) is 13.2 Å². The van der Waals surface area contributed by atoms with E-state index >= 15 is 0 Å². The molecule has 0 atom stereocenters. The summed E-state index contributed by atoms with van der Waals surface area (Å²) in [6.07, 6.45) is 1.67. The molecule has 2 aromatic rings. The minimum atomic E-state index is -3.58. The van der Waals surface area contributed by atoms with E-state index in [1.165, 1.54) is 7.11 Å². The highest BCUT2D eigenvalue weighted by atomic mass is 79.9. The average Bonchev–Trinajstić information content (AvgIpc) is 2.73. The first-order valence-corrected chi connectivity index (χ1v) is 12.4. The third kappa shape index (κ3) is 5.91. The maximum absolute atomic E-state index is 13.3. The molecule has 0 saturated carbocycles. The van der Waals surface area contributed by atoms with Crippen LogP contribution in [0.4, 0.5) is 11.4 Å². The van der Waals surface area contributed by atoms with Crippen molar-refractivity contribution in [2.45, 2.75) is 6.42 Å². The first kappa shape index (κ1) is 24.3. The number of anilines is 2. The SMILES string of the molecule is COCCOCOc1ccc(N2CCc3cc(Br)cc(OC)c3C2=O)cc1NS(C)(=O)=O. The molecule has 0 aliphatic carbocycles. The maximum Gasteiger partial charge on any atom is 0.262 e. The lowest BCUT2D eigenvalue weighted by Gasteiger charge is -2.30. The Bertz CT molecular complexity index is 1070. The molecular formula is C21H25BrN2O7S. The molecule has 9 nitrogen and oxygen atoms in total. The summed E-state index contributed by atoms with van der Waals surface area (Å²) in [5, 5.41) is 0. The topological polar surface area (TPSA) is 103 Å². The standard InChI is InChI=1S/C21H25BrN2O7S/c1-28-8-9-30-13-31-18-5-4-16(12-17(18)23-32(3,26)27)24-7-6-14-10-15(22)11-19(29-2)20(14)21(24)25/h4-5,10-12,23H,6-9,13H2,1-3H3. The minimum absolute atomic E-state index is 0.0801. The Morgan fingerprint density at radius 2 is 1.91 bits per heavy atom. The molecule has 32 heavy (non-hydrogen) atoms. The predicted octanol–water partition coefficient (Wildman–Crippen LogP) is 3.03. The van der Waals surface area contributed by atoms with Crippen molar-refractivity contribution in [1.82, 2.24) is 0 Å². The third-order valence-electron chi connectivity index (χ3n) is 4.73. The van der Waals surface area contributed by atoms with E-state index in [2.05, 4.69) is 20.7 Å². The molecule has 0 spiro atoms. The second-order valence-corrected chi connectivity index (χ2v) is 9.73. The van der Waals surface area contributed by atoms with Crippen LogP contribution in [-0.4, -0.2) is 61.4 Å². The number of methoxy groups -OCH3 is 2. The van der Waals surface area contributed by atoms with Crippen molar-refractivity contribution in [1.29, 1.82) is 0 Å². The first-order chi connectivity index (χ1) is 15.2. The lowest BCUT2D eigenvalue weighted by molar-refractivity contribution is -0.00813. The number of nitrogens with zero attached hydrogens (tertiary/aromatic N) is 1. The molecule has 11 heteroatoms. The van der Waals surface area contributed by atoms with Crippen molar-refractivity contribution < 1.29 is 32.2 Å². The van der Waals surface area contributed by atoms with E-state index in [-0.39, 0.29) is 24.1 Å². The number of fused-ring (bicyclic) bond motifs is 1. The molecule has 1 heterocycles. The van der Waals surface area contributed by atoms with Crippen LogP contribution in [0.3, 0.4) is 0 Å². The van der Waals surface area contributed by atoms with Gasteiger partial charge in [0.2, 0.25) is 10.0 Å². The molecule has 0 radical (unpaired) electrons. The molecule has 1 N–H and O–H groups in total. The zero-order chi connectivity index (χ0) is 23.3. The fraction of sp³-hybridized carbons (Fsp3) is 0.381. The van der Waals surface area contributed by atoms with Crippen molar-refractivity contribution in [2.24, 2.45) is 0 Å². The Balaban J connectivity index is 1.89. The van der Waals surface area contributed by atoms with Crippen LogP contribution >= 0.6 is 15.9 Å². The third-order valence-corrected chi connectivity index (χ3v) is 5.78. The quantitative estimate of drug-likeness (QED) is 0.373. The zero-order valence-corrected chi connectivity index (χ0v) is 20.4. The van der Waals surface area contributed by atoms with Crippen LogP contribution in [0.25, 0.3) is 0 Å². The van der Waals surface area contributed by atoms with Crippen molar-refractivity contribution >= 4 is 43.2 Å². The first-order valence-electron chi connectivity index (χ1n) is 9.73. The molecule has 0 aromatic heterocycles. The molecule has 3 rings (SSSR count). The van der Waals surface area contributed by atoms with Gasteiger partial charge in [0.1, 0.15) is 11.5 Å². The number of nitrogens with one attached hydrogen (secondary N) is 1. The van der Waals surface area contributed by atoms with E-state index in [1.807, 2.05) is 6.07 Å². The Hall–Kier alpha value is -2.34. The van der Waals surface area contributed by atoms with Crippen LogP contribution in [0.5, 0.6) is 11.5 Å². The summed E-state index contributed by atoms with van der Waals surface area (Å²) >= 11 is 3.44. The number of carbonyl (C=O) groups excluding carboxylic acids is 1. The Morgan fingerprint density at radius 3 is 2.59 bits per heavy atom. The summed E-state index contributed by atoms with van der Waals surface area (Å²) < 4.78 is 48.2. The molecule has 1 aliphatic heterocycles. The fourth-order valence-electron chi connectivity index (χ4n) is 3.35. The predicted molar refractivity (Wildman–Crippen MR) is 124 cm³/mol. The van der Waals surface area contributed by atoms with Crippen LogP contribution < -0.4 is 19.1 Å². The Morgan fingerprint density at radius 1 is 1.12 bits per heavy atom. The zero-order valence-electron chi connectivity index (χ0n) is 18.0. The van der Waals surface area contributed by atoms with Crippen LogP contribution in [0, 0.1) is 0 Å². The van der Waals surface area contributed by atoms with Crippen molar-refractivity contribution in [3.05, 3.63) is 45.9 Å². The van der Waals surface area contributed by atoms with Crippen LogP contribution in [0.1, 0.15) is 15.9 Å². The smallest absolute Gasteiger partial charge is 0.262 e. The highest BCUT2D eigenvalue weighted by Crippen LogP contribution is 2.36. The molecule has 1 amide bonds. The van der Waals surface area contributed by atoms with E-state index in [4.69, 9.17) is 18.9 Å².